The summed E-state index contributed by atoms with van der Waals surface area (Å²) in [6, 6.07) is 1.77. The first-order valence-corrected chi connectivity index (χ1v) is 7.78. The first kappa shape index (κ1) is 14.7. The Hall–Kier alpha value is -1.37. The molecule has 1 amide bonds. The molecule has 0 aliphatic heterocycles. The van der Waals surface area contributed by atoms with E-state index >= 15 is 0 Å². The molecule has 0 spiro atoms. The quantitative estimate of drug-likeness (QED) is 0.870. The number of anilines is 1. The van der Waals surface area contributed by atoms with Crippen LogP contribution in [0.3, 0.4) is 0 Å². The molecule has 0 aromatic carbocycles. The van der Waals surface area contributed by atoms with Crippen LogP contribution < -0.4 is 5.32 Å². The van der Waals surface area contributed by atoms with Crippen LogP contribution in [-0.2, 0) is 14.6 Å². The van der Waals surface area contributed by atoms with Crippen molar-refractivity contribution in [2.45, 2.75) is 26.8 Å². The van der Waals surface area contributed by atoms with Crippen LogP contribution in [0.4, 0.5) is 5.82 Å². The van der Waals surface area contributed by atoms with Gasteiger partial charge in [0.1, 0.15) is 11.6 Å². The Morgan fingerprint density at radius 3 is 2.56 bits per heavy atom. The minimum atomic E-state index is -3.32. The lowest BCUT2D eigenvalue weighted by Gasteiger charge is -2.19. The molecule has 102 valence electrons. The van der Waals surface area contributed by atoms with E-state index in [2.05, 4.69) is 24.3 Å². The van der Waals surface area contributed by atoms with Crippen LogP contribution >= 0.6 is 0 Å². The van der Waals surface area contributed by atoms with E-state index in [0.29, 0.717) is 11.7 Å². The zero-order valence-corrected chi connectivity index (χ0v) is 11.9. The van der Waals surface area contributed by atoms with E-state index in [9.17, 15) is 13.2 Å². The maximum atomic E-state index is 11.5. The molecule has 6 nitrogen and oxygen atoms in total. The molecule has 1 aromatic heterocycles. The Balaban J connectivity index is 2.80. The van der Waals surface area contributed by atoms with E-state index in [0.717, 1.165) is 6.26 Å². The predicted molar refractivity (Wildman–Crippen MR) is 70.1 cm³/mol. The summed E-state index contributed by atoms with van der Waals surface area (Å²) >= 11 is 0. The first-order valence-electron chi connectivity index (χ1n) is 5.72. The lowest BCUT2D eigenvalue weighted by Crippen LogP contribution is -2.25. The van der Waals surface area contributed by atoms with E-state index in [1.54, 1.807) is 16.9 Å². The third-order valence-corrected chi connectivity index (χ3v) is 3.47. The van der Waals surface area contributed by atoms with Gasteiger partial charge in [0.15, 0.2) is 9.84 Å². The van der Waals surface area contributed by atoms with E-state index in [1.165, 1.54) is 0 Å². The fourth-order valence-electron chi connectivity index (χ4n) is 1.44. The number of hydrogen-bond donors (Lipinski definition) is 1. The molecule has 7 heteroatoms. The Kier molecular flexibility index (Phi) is 4.50. The molecule has 1 atom stereocenters. The molecule has 1 rings (SSSR count). The Bertz CT molecular complexity index is 519. The van der Waals surface area contributed by atoms with Crippen molar-refractivity contribution < 1.29 is 13.2 Å². The second-order valence-corrected chi connectivity index (χ2v) is 6.90. The van der Waals surface area contributed by atoms with Crippen molar-refractivity contribution in [1.82, 2.24) is 9.78 Å². The van der Waals surface area contributed by atoms with Crippen molar-refractivity contribution in [3.8, 4) is 0 Å². The molecule has 1 aromatic rings. The molecule has 0 bridgehead atoms. The van der Waals surface area contributed by atoms with Crippen LogP contribution in [0.1, 0.15) is 26.8 Å². The minimum Gasteiger partial charge on any atom is -0.310 e. The molecule has 0 unspecified atom stereocenters. The van der Waals surface area contributed by atoms with Crippen LogP contribution in [0, 0.1) is 5.92 Å². The molecule has 0 saturated carbocycles. The third kappa shape index (κ3) is 4.14. The Morgan fingerprint density at radius 2 is 2.06 bits per heavy atom. The average Bonchev–Trinajstić information content (AvgIpc) is 2.61. The molecular weight excluding hydrogens is 254 g/mol. The van der Waals surface area contributed by atoms with E-state index in [4.69, 9.17) is 0 Å². The summed E-state index contributed by atoms with van der Waals surface area (Å²) in [6.07, 6.45) is 2.61. The van der Waals surface area contributed by atoms with Crippen molar-refractivity contribution in [1.29, 1.82) is 0 Å². The van der Waals surface area contributed by atoms with Crippen LogP contribution in [0.15, 0.2) is 12.3 Å². The highest BCUT2D eigenvalue weighted by Gasteiger charge is 2.17. The number of sulfone groups is 1. The molecule has 0 radical (unpaired) electrons. The van der Waals surface area contributed by atoms with E-state index < -0.39 is 21.5 Å². The number of rotatable bonds is 5. The van der Waals surface area contributed by atoms with Crippen LogP contribution in [0.2, 0.25) is 0 Å². The van der Waals surface area contributed by atoms with Gasteiger partial charge in [-0.3, -0.25) is 4.79 Å². The lowest BCUT2D eigenvalue weighted by atomic mass is 10.1. The maximum absolute atomic E-state index is 11.5. The lowest BCUT2D eigenvalue weighted by molar-refractivity contribution is -0.113. The van der Waals surface area contributed by atoms with Crippen molar-refractivity contribution in [3.63, 3.8) is 0 Å². The summed E-state index contributed by atoms with van der Waals surface area (Å²) in [5.74, 6) is -0.190. The minimum absolute atomic E-state index is 0.119. The van der Waals surface area contributed by atoms with Gasteiger partial charge in [-0.25, -0.2) is 13.1 Å². The number of hydrogen-bond acceptors (Lipinski definition) is 4. The van der Waals surface area contributed by atoms with Crippen molar-refractivity contribution in [2.24, 2.45) is 5.92 Å². The highest BCUT2D eigenvalue weighted by Crippen LogP contribution is 2.20. The summed E-state index contributed by atoms with van der Waals surface area (Å²) in [5.41, 5.74) is 0. The second-order valence-electron chi connectivity index (χ2n) is 4.76. The van der Waals surface area contributed by atoms with Gasteiger partial charge in [-0.05, 0) is 12.8 Å². The van der Waals surface area contributed by atoms with Gasteiger partial charge >= 0.3 is 0 Å². The van der Waals surface area contributed by atoms with Crippen LogP contribution in [0.5, 0.6) is 0 Å². The predicted octanol–water partition coefficient (Wildman–Crippen LogP) is 1.08. The molecular formula is C11H19N3O3S. The molecule has 0 aliphatic rings. The van der Waals surface area contributed by atoms with Crippen molar-refractivity contribution in [2.75, 3.05) is 17.3 Å². The number of aromatic nitrogens is 2. The standard InChI is InChI=1S/C11H19N3O3S/c1-8(2)9(3)14-10(5-6-12-14)13-11(15)7-18(4,16)17/h5-6,8-9H,7H2,1-4H3,(H,13,15)/t9-/m0/s1. The van der Waals surface area contributed by atoms with Gasteiger partial charge in [0.2, 0.25) is 5.91 Å². The average molecular weight is 273 g/mol. The smallest absolute Gasteiger partial charge is 0.240 e. The van der Waals surface area contributed by atoms with E-state index in [-0.39, 0.29) is 6.04 Å². The molecule has 18 heavy (non-hydrogen) atoms. The van der Waals surface area contributed by atoms with Gasteiger partial charge in [0.05, 0.1) is 12.2 Å². The van der Waals surface area contributed by atoms with Crippen LogP contribution in [-0.4, -0.2) is 36.1 Å². The highest BCUT2D eigenvalue weighted by atomic mass is 32.2. The largest absolute Gasteiger partial charge is 0.310 e. The van der Waals surface area contributed by atoms with Crippen LogP contribution in [0.25, 0.3) is 0 Å². The normalized spacial score (nSPS) is 13.6. The van der Waals surface area contributed by atoms with Gasteiger partial charge < -0.3 is 5.32 Å². The number of nitrogens with one attached hydrogen (secondary N) is 1. The van der Waals surface area contributed by atoms with Crippen molar-refractivity contribution in [3.05, 3.63) is 12.3 Å². The van der Waals surface area contributed by atoms with Gasteiger partial charge in [-0.2, -0.15) is 5.10 Å². The molecule has 1 heterocycles. The summed E-state index contributed by atoms with van der Waals surface area (Å²) in [6.45, 7) is 6.09. The number of carbonyl (C=O) groups is 1. The Morgan fingerprint density at radius 1 is 1.44 bits per heavy atom. The summed E-state index contributed by atoms with van der Waals surface area (Å²) in [5, 5.41) is 6.70. The molecule has 1 N–H and O–H groups in total. The monoisotopic (exact) mass is 273 g/mol. The van der Waals surface area contributed by atoms with Gasteiger partial charge in [-0.1, -0.05) is 13.8 Å². The number of carbonyl (C=O) groups excluding carboxylic acids is 1. The summed E-state index contributed by atoms with van der Waals surface area (Å²) < 4.78 is 23.7. The molecule has 0 fully saturated rings. The topological polar surface area (TPSA) is 81.1 Å². The maximum Gasteiger partial charge on any atom is 0.240 e. The zero-order valence-electron chi connectivity index (χ0n) is 11.0. The van der Waals surface area contributed by atoms with Gasteiger partial charge in [0, 0.05) is 12.3 Å². The summed E-state index contributed by atoms with van der Waals surface area (Å²) in [7, 11) is -3.32. The number of amides is 1. The first-order chi connectivity index (χ1) is 8.20. The van der Waals surface area contributed by atoms with Gasteiger partial charge in [0.25, 0.3) is 0 Å². The fourth-order valence-corrected chi connectivity index (χ4v) is 1.99. The SMILES string of the molecule is CC(C)[C@H](C)n1nccc1NC(=O)CS(C)(=O)=O. The highest BCUT2D eigenvalue weighted by molar-refractivity contribution is 7.91. The Labute approximate surface area is 107 Å². The number of nitrogens with zero attached hydrogens (tertiary/aromatic N) is 2. The second kappa shape index (κ2) is 5.51. The molecule has 0 aliphatic carbocycles. The third-order valence-electron chi connectivity index (χ3n) is 2.68. The summed E-state index contributed by atoms with van der Waals surface area (Å²) in [4.78, 5) is 11.5. The van der Waals surface area contributed by atoms with Gasteiger partial charge in [-0.15, -0.1) is 0 Å². The fraction of sp³-hybridized carbons (Fsp3) is 0.636. The van der Waals surface area contributed by atoms with Crippen molar-refractivity contribution >= 4 is 21.6 Å². The molecule has 0 saturated heterocycles. The zero-order chi connectivity index (χ0) is 13.9. The van der Waals surface area contributed by atoms with E-state index in [1.807, 2.05) is 6.92 Å².